The van der Waals surface area contributed by atoms with Crippen LogP contribution in [0.4, 0.5) is 4.39 Å². The van der Waals surface area contributed by atoms with Gasteiger partial charge in [-0.05, 0) is 6.92 Å². The van der Waals surface area contributed by atoms with Gasteiger partial charge in [0.25, 0.3) is 0 Å². The lowest BCUT2D eigenvalue weighted by atomic mass is 10.1. The van der Waals surface area contributed by atoms with Crippen LogP contribution >= 0.6 is 0 Å². The number of carbonyl (C=O) groups is 1. The Balaban J connectivity index is 0.000000861. The topological polar surface area (TPSA) is 63.8 Å². The number of hydrogen-bond acceptors (Lipinski definition) is 3. The van der Waals surface area contributed by atoms with Gasteiger partial charge in [-0.2, -0.15) is 5.10 Å². The highest BCUT2D eigenvalue weighted by Gasteiger charge is 2.20. The molecule has 2 aromatic heterocycles. The number of halogens is 1. The Kier molecular flexibility index (Phi) is 5.00. The van der Waals surface area contributed by atoms with E-state index in [1.54, 1.807) is 6.92 Å². The highest BCUT2D eigenvalue weighted by Crippen LogP contribution is 2.26. The molecule has 1 atom stereocenters. The van der Waals surface area contributed by atoms with Crippen LogP contribution in [0.3, 0.4) is 0 Å². The third-order valence-electron chi connectivity index (χ3n) is 2.63. The second kappa shape index (κ2) is 6.29. The van der Waals surface area contributed by atoms with Crippen LogP contribution in [0, 0.1) is 5.82 Å². The molecule has 19 heavy (non-hydrogen) atoms. The Labute approximate surface area is 110 Å². The molecule has 2 aromatic rings. The summed E-state index contributed by atoms with van der Waals surface area (Å²) in [5.41, 5.74) is 0.834. The second-order valence-electron chi connectivity index (χ2n) is 3.64. The van der Waals surface area contributed by atoms with Crippen LogP contribution in [0.25, 0.3) is 5.52 Å². The smallest absolute Gasteiger partial charge is 0.337 e. The van der Waals surface area contributed by atoms with Crippen molar-refractivity contribution in [2.75, 3.05) is 7.11 Å². The number of aromatic carboxylic acids is 1. The molecule has 0 amide bonds. The van der Waals surface area contributed by atoms with E-state index in [-0.39, 0.29) is 5.56 Å². The number of methoxy groups -OCH3 is 1. The molecule has 2 heterocycles. The predicted molar refractivity (Wildman–Crippen MR) is 68.9 cm³/mol. The fourth-order valence-corrected chi connectivity index (χ4v) is 1.76. The Morgan fingerprint density at radius 1 is 1.53 bits per heavy atom. The van der Waals surface area contributed by atoms with E-state index in [0.29, 0.717) is 11.1 Å². The van der Waals surface area contributed by atoms with Gasteiger partial charge in [0, 0.05) is 18.7 Å². The minimum absolute atomic E-state index is 0.0185. The maximum atomic E-state index is 13.2. The summed E-state index contributed by atoms with van der Waals surface area (Å²) in [7, 11) is 1.46. The van der Waals surface area contributed by atoms with Crippen LogP contribution in [-0.2, 0) is 4.74 Å². The SMILES string of the molecule is CC.COC(C)c1c(C(=O)O)cnn2cc(F)cc12. The zero-order chi connectivity index (χ0) is 14.6. The van der Waals surface area contributed by atoms with Crippen molar-refractivity contribution in [2.24, 2.45) is 0 Å². The van der Waals surface area contributed by atoms with Crippen LogP contribution in [0.5, 0.6) is 0 Å². The summed E-state index contributed by atoms with van der Waals surface area (Å²) in [5, 5.41) is 12.9. The average molecular weight is 268 g/mol. The number of carboxylic acids is 1. The minimum atomic E-state index is -1.11. The first-order chi connectivity index (χ1) is 9.04. The summed E-state index contributed by atoms with van der Waals surface area (Å²) in [4.78, 5) is 11.1. The van der Waals surface area contributed by atoms with E-state index in [4.69, 9.17) is 9.84 Å². The molecule has 0 aliphatic heterocycles. The van der Waals surface area contributed by atoms with Crippen molar-refractivity contribution in [3.63, 3.8) is 0 Å². The lowest BCUT2D eigenvalue weighted by Gasteiger charge is -2.14. The van der Waals surface area contributed by atoms with Gasteiger partial charge in [0.1, 0.15) is 5.82 Å². The highest BCUT2D eigenvalue weighted by molar-refractivity contribution is 5.91. The molecule has 0 radical (unpaired) electrons. The number of fused-ring (bicyclic) bond motifs is 1. The Morgan fingerprint density at radius 2 is 2.16 bits per heavy atom. The number of ether oxygens (including phenoxy) is 1. The molecule has 1 N–H and O–H groups in total. The van der Waals surface area contributed by atoms with E-state index in [0.717, 1.165) is 0 Å². The molecule has 0 spiro atoms. The molecule has 2 rings (SSSR count). The quantitative estimate of drug-likeness (QED) is 0.929. The average Bonchev–Trinajstić information content (AvgIpc) is 2.78. The van der Waals surface area contributed by atoms with Crippen molar-refractivity contribution >= 4 is 11.5 Å². The third kappa shape index (κ3) is 2.90. The molecule has 0 aliphatic carbocycles. The van der Waals surface area contributed by atoms with Crippen molar-refractivity contribution in [3.8, 4) is 0 Å². The zero-order valence-electron chi connectivity index (χ0n) is 11.3. The molecule has 6 heteroatoms. The monoisotopic (exact) mass is 268 g/mol. The summed E-state index contributed by atoms with van der Waals surface area (Å²) >= 11 is 0. The fraction of sp³-hybridized carbons (Fsp3) is 0.385. The molecule has 1 unspecified atom stereocenters. The van der Waals surface area contributed by atoms with E-state index in [1.165, 1.54) is 30.1 Å². The first-order valence-electron chi connectivity index (χ1n) is 5.97. The van der Waals surface area contributed by atoms with Gasteiger partial charge in [-0.3, -0.25) is 0 Å². The lowest BCUT2D eigenvalue weighted by Crippen LogP contribution is -2.10. The maximum Gasteiger partial charge on any atom is 0.337 e. The van der Waals surface area contributed by atoms with Crippen molar-refractivity contribution in [1.82, 2.24) is 9.61 Å². The molecule has 104 valence electrons. The number of rotatable bonds is 3. The first-order valence-corrected chi connectivity index (χ1v) is 5.97. The van der Waals surface area contributed by atoms with Gasteiger partial charge in [-0.1, -0.05) is 13.8 Å². The van der Waals surface area contributed by atoms with E-state index in [2.05, 4.69) is 5.10 Å². The molecule has 0 saturated carbocycles. The van der Waals surface area contributed by atoms with Crippen LogP contribution in [0.1, 0.15) is 42.8 Å². The van der Waals surface area contributed by atoms with Gasteiger partial charge in [-0.25, -0.2) is 13.7 Å². The van der Waals surface area contributed by atoms with Crippen LogP contribution in [0.2, 0.25) is 0 Å². The van der Waals surface area contributed by atoms with Crippen LogP contribution < -0.4 is 0 Å². The van der Waals surface area contributed by atoms with Crippen LogP contribution in [0.15, 0.2) is 18.5 Å². The van der Waals surface area contributed by atoms with Crippen molar-refractivity contribution in [2.45, 2.75) is 26.9 Å². The van der Waals surface area contributed by atoms with Gasteiger partial charge >= 0.3 is 5.97 Å². The first kappa shape index (κ1) is 15.1. The molecule has 5 nitrogen and oxygen atoms in total. The Morgan fingerprint density at radius 3 is 2.68 bits per heavy atom. The summed E-state index contributed by atoms with van der Waals surface area (Å²) in [6.07, 6.45) is 1.92. The second-order valence-corrected chi connectivity index (χ2v) is 3.64. The highest BCUT2D eigenvalue weighted by atomic mass is 19.1. The number of nitrogens with zero attached hydrogens (tertiary/aromatic N) is 2. The molecular formula is C13H17FN2O3. The molecular weight excluding hydrogens is 251 g/mol. The predicted octanol–water partition coefficient (Wildman–Crippen LogP) is 2.91. The number of aromatic nitrogens is 2. The fourth-order valence-electron chi connectivity index (χ4n) is 1.76. The number of carboxylic acid groups (broad SMARTS) is 1. The molecule has 0 aliphatic rings. The Hall–Kier alpha value is -1.95. The van der Waals surface area contributed by atoms with Gasteiger partial charge in [-0.15, -0.1) is 0 Å². The van der Waals surface area contributed by atoms with Crippen LogP contribution in [-0.4, -0.2) is 27.8 Å². The lowest BCUT2D eigenvalue weighted by molar-refractivity contribution is 0.0683. The van der Waals surface area contributed by atoms with Gasteiger partial charge in [0.15, 0.2) is 0 Å². The van der Waals surface area contributed by atoms with E-state index < -0.39 is 17.9 Å². The van der Waals surface area contributed by atoms with Crippen molar-refractivity contribution in [3.05, 3.63) is 35.4 Å². The van der Waals surface area contributed by atoms with Gasteiger partial charge in [0.2, 0.25) is 0 Å². The normalized spacial score (nSPS) is 11.8. The summed E-state index contributed by atoms with van der Waals surface area (Å²) in [6.45, 7) is 5.70. The summed E-state index contributed by atoms with van der Waals surface area (Å²) < 4.78 is 19.6. The summed E-state index contributed by atoms with van der Waals surface area (Å²) in [6, 6.07) is 1.24. The molecule has 0 fully saturated rings. The van der Waals surface area contributed by atoms with Gasteiger partial charge in [0.05, 0.1) is 29.6 Å². The van der Waals surface area contributed by atoms with Gasteiger partial charge < -0.3 is 9.84 Å². The minimum Gasteiger partial charge on any atom is -0.478 e. The maximum absolute atomic E-state index is 13.2. The number of hydrogen-bond donors (Lipinski definition) is 1. The van der Waals surface area contributed by atoms with Crippen molar-refractivity contribution in [1.29, 1.82) is 0 Å². The molecule has 0 saturated heterocycles. The van der Waals surface area contributed by atoms with Crippen molar-refractivity contribution < 1.29 is 19.0 Å². The summed E-state index contributed by atoms with van der Waals surface area (Å²) in [5.74, 6) is -1.58. The Bertz CT molecular complexity index is 581. The van der Waals surface area contributed by atoms with E-state index in [9.17, 15) is 9.18 Å². The van der Waals surface area contributed by atoms with E-state index in [1.807, 2.05) is 13.8 Å². The molecule has 0 bridgehead atoms. The molecule has 0 aromatic carbocycles. The largest absolute Gasteiger partial charge is 0.478 e. The standard InChI is InChI=1S/C11H11FN2O3.C2H6/c1-6(17-2)10-8(11(15)16)4-13-14-5-7(12)3-9(10)14;1-2/h3-6H,1-2H3,(H,15,16);1-2H3. The zero-order valence-corrected chi connectivity index (χ0v) is 11.3. The van der Waals surface area contributed by atoms with E-state index >= 15 is 0 Å². The third-order valence-corrected chi connectivity index (χ3v) is 2.63.